The highest BCUT2D eigenvalue weighted by Gasteiger charge is 2.41. The summed E-state index contributed by atoms with van der Waals surface area (Å²) in [6.07, 6.45) is 2.09. The number of ether oxygens (including phenoxy) is 1. The Bertz CT molecular complexity index is 566. The molecule has 1 aromatic carbocycles. The van der Waals surface area contributed by atoms with Crippen molar-refractivity contribution in [1.82, 2.24) is 15.1 Å². The molecule has 2 heterocycles. The summed E-state index contributed by atoms with van der Waals surface area (Å²) in [6.45, 7) is 12.0. The number of halogens is 1. The van der Waals surface area contributed by atoms with Gasteiger partial charge in [-0.25, -0.2) is 4.99 Å². The second-order valence-electron chi connectivity index (χ2n) is 6.32. The van der Waals surface area contributed by atoms with Crippen molar-refractivity contribution < 1.29 is 4.74 Å². The first kappa shape index (κ1) is 20.2. The van der Waals surface area contributed by atoms with Gasteiger partial charge < -0.3 is 15.0 Å². The summed E-state index contributed by atoms with van der Waals surface area (Å²) < 4.78 is 6.05. The van der Waals surface area contributed by atoms with Crippen molar-refractivity contribution >= 4 is 29.9 Å². The maximum atomic E-state index is 6.05. The second-order valence-corrected chi connectivity index (χ2v) is 6.32. The Kier molecular flexibility index (Phi) is 8.18. The van der Waals surface area contributed by atoms with Gasteiger partial charge in [-0.05, 0) is 12.5 Å². The zero-order valence-electron chi connectivity index (χ0n) is 14.9. The number of aliphatic imine (C=N–C) groups is 1. The molecular weight excluding hydrogens is 427 g/mol. The van der Waals surface area contributed by atoms with Crippen LogP contribution in [0, 0.1) is 0 Å². The molecule has 0 amide bonds. The minimum absolute atomic E-state index is 0. The molecule has 6 heteroatoms. The Labute approximate surface area is 168 Å². The fourth-order valence-electron chi connectivity index (χ4n) is 3.52. The van der Waals surface area contributed by atoms with Gasteiger partial charge in [0.2, 0.25) is 0 Å². The van der Waals surface area contributed by atoms with Crippen molar-refractivity contribution in [2.45, 2.75) is 25.6 Å². The smallest absolute Gasteiger partial charge is 0.194 e. The standard InChI is InChI=1S/C19H28N4O.HI/c1-3-10-21-19(20-4-2)23-14-17-18(15-23)24-12-11-22(17)13-16-8-6-5-7-9-16;/h3,5-9,17-18H,1,4,10-15H2,2H3,(H,20,21);1H. The predicted molar refractivity (Wildman–Crippen MR) is 114 cm³/mol. The Morgan fingerprint density at radius 3 is 2.88 bits per heavy atom. The molecule has 2 unspecified atom stereocenters. The van der Waals surface area contributed by atoms with Crippen LogP contribution in [-0.4, -0.2) is 67.2 Å². The van der Waals surface area contributed by atoms with Crippen LogP contribution in [-0.2, 0) is 11.3 Å². The summed E-state index contributed by atoms with van der Waals surface area (Å²) in [7, 11) is 0. The van der Waals surface area contributed by atoms with Gasteiger partial charge in [-0.1, -0.05) is 36.4 Å². The molecule has 2 saturated heterocycles. The van der Waals surface area contributed by atoms with Crippen molar-refractivity contribution in [3.63, 3.8) is 0 Å². The van der Waals surface area contributed by atoms with Gasteiger partial charge in [0.05, 0.1) is 25.3 Å². The van der Waals surface area contributed by atoms with E-state index in [1.54, 1.807) is 0 Å². The molecule has 138 valence electrons. The topological polar surface area (TPSA) is 40.1 Å². The molecule has 1 N–H and O–H groups in total. The van der Waals surface area contributed by atoms with Crippen LogP contribution in [0.3, 0.4) is 0 Å². The lowest BCUT2D eigenvalue weighted by Crippen LogP contribution is -2.50. The lowest BCUT2D eigenvalue weighted by Gasteiger charge is -2.36. The average molecular weight is 456 g/mol. The monoisotopic (exact) mass is 456 g/mol. The van der Waals surface area contributed by atoms with E-state index >= 15 is 0 Å². The number of likely N-dealkylation sites (tertiary alicyclic amines) is 1. The van der Waals surface area contributed by atoms with Gasteiger partial charge in [0.1, 0.15) is 0 Å². The number of rotatable bonds is 5. The van der Waals surface area contributed by atoms with Gasteiger partial charge >= 0.3 is 0 Å². The van der Waals surface area contributed by atoms with E-state index in [9.17, 15) is 0 Å². The first-order chi connectivity index (χ1) is 11.8. The van der Waals surface area contributed by atoms with Crippen LogP contribution in [0.25, 0.3) is 0 Å². The summed E-state index contributed by atoms with van der Waals surface area (Å²) in [5, 5.41) is 3.39. The number of nitrogens with one attached hydrogen (secondary N) is 1. The number of benzene rings is 1. The molecular formula is C19H29IN4O. The number of hydrogen-bond acceptors (Lipinski definition) is 3. The zero-order valence-corrected chi connectivity index (χ0v) is 17.3. The molecule has 2 atom stereocenters. The van der Waals surface area contributed by atoms with E-state index in [0.29, 0.717) is 12.6 Å². The molecule has 0 spiro atoms. The molecule has 0 saturated carbocycles. The van der Waals surface area contributed by atoms with Crippen LogP contribution in [0.4, 0.5) is 0 Å². The molecule has 2 aliphatic rings. The normalized spacial score (nSPS) is 23.7. The van der Waals surface area contributed by atoms with Gasteiger partial charge in [0.15, 0.2) is 5.96 Å². The van der Waals surface area contributed by atoms with E-state index in [4.69, 9.17) is 4.74 Å². The zero-order chi connectivity index (χ0) is 16.8. The van der Waals surface area contributed by atoms with Crippen LogP contribution < -0.4 is 5.32 Å². The minimum atomic E-state index is 0. The number of hydrogen-bond donors (Lipinski definition) is 1. The minimum Gasteiger partial charge on any atom is -0.373 e. The van der Waals surface area contributed by atoms with E-state index in [1.807, 2.05) is 6.08 Å². The van der Waals surface area contributed by atoms with Crippen molar-refractivity contribution in [2.75, 3.05) is 39.3 Å². The summed E-state index contributed by atoms with van der Waals surface area (Å²) in [5.74, 6) is 0.968. The number of nitrogens with zero attached hydrogens (tertiary/aromatic N) is 3. The second kappa shape index (κ2) is 10.1. The van der Waals surface area contributed by atoms with E-state index in [2.05, 4.69) is 63.9 Å². The Morgan fingerprint density at radius 1 is 1.36 bits per heavy atom. The fourth-order valence-corrected chi connectivity index (χ4v) is 3.52. The highest BCUT2D eigenvalue weighted by atomic mass is 127. The summed E-state index contributed by atoms with van der Waals surface area (Å²) in [6, 6.07) is 11.1. The highest BCUT2D eigenvalue weighted by molar-refractivity contribution is 14.0. The maximum absolute atomic E-state index is 6.05. The largest absolute Gasteiger partial charge is 0.373 e. The number of morpholine rings is 1. The number of guanidine groups is 1. The van der Waals surface area contributed by atoms with E-state index < -0.39 is 0 Å². The molecule has 1 aromatic rings. The lowest BCUT2D eigenvalue weighted by atomic mass is 10.1. The Hall–Kier alpha value is -1.12. The molecule has 0 aromatic heterocycles. The van der Waals surface area contributed by atoms with Gasteiger partial charge in [0, 0.05) is 32.7 Å². The lowest BCUT2D eigenvalue weighted by molar-refractivity contribution is -0.0502. The summed E-state index contributed by atoms with van der Waals surface area (Å²) >= 11 is 0. The van der Waals surface area contributed by atoms with Crippen molar-refractivity contribution in [2.24, 2.45) is 4.99 Å². The third-order valence-electron chi connectivity index (χ3n) is 4.65. The van der Waals surface area contributed by atoms with Gasteiger partial charge in [-0.2, -0.15) is 0 Å². The molecule has 2 aliphatic heterocycles. The van der Waals surface area contributed by atoms with Crippen LogP contribution in [0.1, 0.15) is 12.5 Å². The van der Waals surface area contributed by atoms with Crippen LogP contribution in [0.5, 0.6) is 0 Å². The van der Waals surface area contributed by atoms with E-state index in [0.717, 1.165) is 45.3 Å². The maximum Gasteiger partial charge on any atom is 0.194 e. The quantitative estimate of drug-likeness (QED) is 0.320. The first-order valence-corrected chi connectivity index (χ1v) is 8.85. The van der Waals surface area contributed by atoms with Crippen molar-refractivity contribution in [3.8, 4) is 0 Å². The third kappa shape index (κ3) is 5.18. The Morgan fingerprint density at radius 2 is 2.16 bits per heavy atom. The van der Waals surface area contributed by atoms with Gasteiger partial charge in [0.25, 0.3) is 0 Å². The molecule has 2 fully saturated rings. The van der Waals surface area contributed by atoms with Crippen LogP contribution in [0.2, 0.25) is 0 Å². The predicted octanol–water partition coefficient (Wildman–Crippen LogP) is 2.34. The summed E-state index contributed by atoms with van der Waals surface area (Å²) in [5.41, 5.74) is 1.36. The molecule has 3 rings (SSSR count). The average Bonchev–Trinajstić information content (AvgIpc) is 3.05. The van der Waals surface area contributed by atoms with Gasteiger partial charge in [-0.3, -0.25) is 4.90 Å². The fraction of sp³-hybridized carbons (Fsp3) is 0.526. The van der Waals surface area contributed by atoms with Crippen LogP contribution in [0.15, 0.2) is 48.0 Å². The highest BCUT2D eigenvalue weighted by Crippen LogP contribution is 2.24. The third-order valence-corrected chi connectivity index (χ3v) is 4.65. The molecule has 5 nitrogen and oxygen atoms in total. The van der Waals surface area contributed by atoms with Crippen molar-refractivity contribution in [1.29, 1.82) is 0 Å². The van der Waals surface area contributed by atoms with Crippen LogP contribution >= 0.6 is 24.0 Å². The molecule has 25 heavy (non-hydrogen) atoms. The van der Waals surface area contributed by atoms with E-state index in [1.165, 1.54) is 5.56 Å². The molecule has 0 aliphatic carbocycles. The SMILES string of the molecule is C=CCN=C(NCC)N1CC2OCCN(Cc3ccccc3)C2C1.I. The number of fused-ring (bicyclic) bond motifs is 1. The first-order valence-electron chi connectivity index (χ1n) is 8.85. The Balaban J connectivity index is 0.00000225. The summed E-state index contributed by atoms with van der Waals surface area (Å²) in [4.78, 5) is 9.50. The van der Waals surface area contributed by atoms with Gasteiger partial charge in [-0.15, -0.1) is 30.6 Å². The van der Waals surface area contributed by atoms with Crippen molar-refractivity contribution in [3.05, 3.63) is 48.6 Å². The molecule has 0 radical (unpaired) electrons. The molecule has 0 bridgehead atoms. The van der Waals surface area contributed by atoms with E-state index in [-0.39, 0.29) is 30.1 Å².